The summed E-state index contributed by atoms with van der Waals surface area (Å²) in [7, 11) is 1.58. The molecular formula is C18H17F3N4O2. The third kappa shape index (κ3) is 4.08. The fraction of sp³-hybridized carbons (Fsp3) is 0.278. The van der Waals surface area contributed by atoms with Gasteiger partial charge < -0.3 is 14.6 Å². The number of benzene rings is 1. The Kier molecular flexibility index (Phi) is 5.13. The Balaban J connectivity index is 1.89. The Morgan fingerprint density at radius 2 is 1.89 bits per heavy atom. The highest BCUT2D eigenvalue weighted by molar-refractivity contribution is 5.80. The van der Waals surface area contributed by atoms with Crippen molar-refractivity contribution in [2.45, 2.75) is 12.7 Å². The molecule has 0 aliphatic carbocycles. The van der Waals surface area contributed by atoms with Gasteiger partial charge in [-0.15, -0.1) is 0 Å². The van der Waals surface area contributed by atoms with Crippen LogP contribution in [0.2, 0.25) is 0 Å². The summed E-state index contributed by atoms with van der Waals surface area (Å²) in [5, 5.41) is 8.92. The van der Waals surface area contributed by atoms with Crippen LogP contribution < -0.4 is 0 Å². The van der Waals surface area contributed by atoms with Gasteiger partial charge >= 0.3 is 6.18 Å². The Morgan fingerprint density at radius 1 is 1.19 bits per heavy atom. The van der Waals surface area contributed by atoms with E-state index in [1.54, 1.807) is 23.7 Å². The molecule has 0 radical (unpaired) electrons. The zero-order chi connectivity index (χ0) is 19.6. The van der Waals surface area contributed by atoms with E-state index in [2.05, 4.69) is 9.97 Å². The molecule has 0 spiro atoms. The number of aliphatic hydroxyl groups excluding tert-OH is 1. The molecule has 0 unspecified atom stereocenters. The number of fused-ring (bicyclic) bond motifs is 1. The van der Waals surface area contributed by atoms with E-state index >= 15 is 0 Å². The number of nitrogens with zero attached hydrogens (tertiary/aromatic N) is 4. The second kappa shape index (κ2) is 7.36. The highest BCUT2D eigenvalue weighted by atomic mass is 19.4. The maximum Gasteiger partial charge on any atom is 0.416 e. The third-order valence-electron chi connectivity index (χ3n) is 4.14. The van der Waals surface area contributed by atoms with E-state index < -0.39 is 11.7 Å². The van der Waals surface area contributed by atoms with Crippen LogP contribution in [-0.2, 0) is 17.5 Å². The van der Waals surface area contributed by atoms with Crippen LogP contribution >= 0.6 is 0 Å². The summed E-state index contributed by atoms with van der Waals surface area (Å²) in [4.78, 5) is 22.2. The minimum atomic E-state index is -4.39. The fourth-order valence-electron chi connectivity index (χ4n) is 2.59. The van der Waals surface area contributed by atoms with Gasteiger partial charge in [0.05, 0.1) is 24.2 Å². The molecule has 0 saturated carbocycles. The van der Waals surface area contributed by atoms with Crippen molar-refractivity contribution in [1.29, 1.82) is 0 Å². The van der Waals surface area contributed by atoms with Gasteiger partial charge in [0, 0.05) is 19.2 Å². The van der Waals surface area contributed by atoms with E-state index in [9.17, 15) is 18.0 Å². The Hall–Kier alpha value is -2.94. The van der Waals surface area contributed by atoms with E-state index in [1.807, 2.05) is 0 Å². The summed E-state index contributed by atoms with van der Waals surface area (Å²) in [5.74, 6) is -0.218. The molecule has 2 aromatic heterocycles. The van der Waals surface area contributed by atoms with Crippen molar-refractivity contribution in [2.24, 2.45) is 0 Å². The number of aromatic nitrogens is 3. The zero-order valence-electron chi connectivity index (χ0n) is 14.4. The molecule has 0 fully saturated rings. The first-order valence-electron chi connectivity index (χ1n) is 8.14. The quantitative estimate of drug-likeness (QED) is 0.741. The number of carbonyl (C=O) groups excluding carboxylic acids is 1. The lowest BCUT2D eigenvalue weighted by atomic mass is 10.1. The van der Waals surface area contributed by atoms with Gasteiger partial charge in [-0.2, -0.15) is 13.2 Å². The lowest BCUT2D eigenvalue weighted by molar-refractivity contribution is -0.137. The monoisotopic (exact) mass is 378 g/mol. The first-order chi connectivity index (χ1) is 12.8. The summed E-state index contributed by atoms with van der Waals surface area (Å²) in [5.41, 5.74) is 1.31. The summed E-state index contributed by atoms with van der Waals surface area (Å²) in [6.07, 6.45) is -2.91. The zero-order valence-corrected chi connectivity index (χ0v) is 14.4. The topological polar surface area (TPSA) is 71.2 Å². The Bertz CT molecular complexity index is 951. The van der Waals surface area contributed by atoms with Crippen LogP contribution in [0.4, 0.5) is 13.2 Å². The third-order valence-corrected chi connectivity index (χ3v) is 4.14. The van der Waals surface area contributed by atoms with Gasteiger partial charge in [-0.05, 0) is 24.3 Å². The number of carbonyl (C=O) groups is 1. The normalized spacial score (nSPS) is 11.7. The van der Waals surface area contributed by atoms with E-state index in [-0.39, 0.29) is 25.6 Å². The number of rotatable bonds is 5. The molecule has 6 nitrogen and oxygen atoms in total. The van der Waals surface area contributed by atoms with Crippen LogP contribution in [0.3, 0.4) is 0 Å². The molecule has 142 valence electrons. The van der Waals surface area contributed by atoms with Gasteiger partial charge in [-0.3, -0.25) is 4.79 Å². The molecule has 0 aliphatic heterocycles. The van der Waals surface area contributed by atoms with Gasteiger partial charge in [0.1, 0.15) is 12.1 Å². The number of hydrogen-bond donors (Lipinski definition) is 1. The summed E-state index contributed by atoms with van der Waals surface area (Å²) >= 11 is 0. The highest BCUT2D eigenvalue weighted by Crippen LogP contribution is 2.30. The lowest BCUT2D eigenvalue weighted by Crippen LogP contribution is -2.32. The molecule has 0 saturated heterocycles. The lowest BCUT2D eigenvalue weighted by Gasteiger charge is -2.16. The first kappa shape index (κ1) is 18.8. The van der Waals surface area contributed by atoms with Crippen molar-refractivity contribution in [3.63, 3.8) is 0 Å². The minimum Gasteiger partial charge on any atom is -0.395 e. The highest BCUT2D eigenvalue weighted by Gasteiger charge is 2.30. The maximum absolute atomic E-state index is 12.7. The predicted molar refractivity (Wildman–Crippen MR) is 92.7 cm³/mol. The van der Waals surface area contributed by atoms with Crippen LogP contribution in [0.15, 0.2) is 42.7 Å². The summed E-state index contributed by atoms with van der Waals surface area (Å²) in [6.45, 7) is 0.0788. The largest absolute Gasteiger partial charge is 0.416 e. The van der Waals surface area contributed by atoms with Gasteiger partial charge in [0.2, 0.25) is 5.91 Å². The van der Waals surface area contributed by atoms with Crippen molar-refractivity contribution < 1.29 is 23.1 Å². The number of imidazole rings is 1. The molecule has 9 heteroatoms. The molecule has 1 aromatic carbocycles. The summed E-state index contributed by atoms with van der Waals surface area (Å²) in [6, 6.07) is 8.10. The Morgan fingerprint density at radius 3 is 2.52 bits per heavy atom. The van der Waals surface area contributed by atoms with Gasteiger partial charge in [0.25, 0.3) is 0 Å². The predicted octanol–water partition coefficient (Wildman–Crippen LogP) is 2.57. The summed E-state index contributed by atoms with van der Waals surface area (Å²) < 4.78 is 39.7. The number of aliphatic hydroxyl groups is 1. The number of halogens is 3. The van der Waals surface area contributed by atoms with Crippen molar-refractivity contribution in [3.8, 4) is 11.3 Å². The number of likely N-dealkylation sites (N-methyl/N-ethyl adjacent to an activating group) is 1. The van der Waals surface area contributed by atoms with Crippen molar-refractivity contribution in [3.05, 3.63) is 48.3 Å². The number of pyridine rings is 1. The van der Waals surface area contributed by atoms with E-state index in [4.69, 9.17) is 5.11 Å². The fourth-order valence-corrected chi connectivity index (χ4v) is 2.59. The molecule has 3 rings (SSSR count). The van der Waals surface area contributed by atoms with Crippen LogP contribution in [-0.4, -0.2) is 50.6 Å². The number of hydrogen-bond acceptors (Lipinski definition) is 4. The number of alkyl halides is 3. The molecule has 1 N–H and O–H groups in total. The average molecular weight is 378 g/mol. The number of amides is 1. The van der Waals surface area contributed by atoms with E-state index in [0.717, 1.165) is 12.1 Å². The van der Waals surface area contributed by atoms with Crippen LogP contribution in [0.25, 0.3) is 22.4 Å². The van der Waals surface area contributed by atoms with Crippen molar-refractivity contribution in [2.75, 3.05) is 20.2 Å². The van der Waals surface area contributed by atoms with Crippen LogP contribution in [0.1, 0.15) is 5.56 Å². The minimum absolute atomic E-state index is 0.00351. The molecule has 3 aromatic rings. The Labute approximate surface area is 152 Å². The van der Waals surface area contributed by atoms with Gasteiger partial charge in [-0.1, -0.05) is 12.1 Å². The average Bonchev–Trinajstić information content (AvgIpc) is 3.03. The second-order valence-electron chi connectivity index (χ2n) is 6.03. The van der Waals surface area contributed by atoms with Crippen LogP contribution in [0, 0.1) is 0 Å². The maximum atomic E-state index is 12.7. The SMILES string of the molecule is CN(CCO)C(=O)Cn1cnc2ccc(-c3ccc(C(F)(F)F)cc3)nc21. The molecular weight excluding hydrogens is 361 g/mol. The second-order valence-corrected chi connectivity index (χ2v) is 6.03. The van der Waals surface area contributed by atoms with E-state index in [0.29, 0.717) is 22.4 Å². The molecule has 0 aliphatic rings. The van der Waals surface area contributed by atoms with Crippen molar-refractivity contribution >= 4 is 17.1 Å². The molecule has 0 atom stereocenters. The first-order valence-corrected chi connectivity index (χ1v) is 8.14. The molecule has 2 heterocycles. The van der Waals surface area contributed by atoms with Crippen molar-refractivity contribution in [1.82, 2.24) is 19.4 Å². The molecule has 0 bridgehead atoms. The molecule has 1 amide bonds. The smallest absolute Gasteiger partial charge is 0.395 e. The van der Waals surface area contributed by atoms with Gasteiger partial charge in [0.15, 0.2) is 5.65 Å². The van der Waals surface area contributed by atoms with Gasteiger partial charge in [-0.25, -0.2) is 9.97 Å². The van der Waals surface area contributed by atoms with Crippen LogP contribution in [0.5, 0.6) is 0 Å². The molecule has 27 heavy (non-hydrogen) atoms. The van der Waals surface area contributed by atoms with E-state index in [1.165, 1.54) is 23.4 Å². The standard InChI is InChI=1S/C18H17F3N4O2/c1-24(8-9-26)16(27)10-25-11-22-15-7-6-14(23-17(15)25)12-2-4-13(5-3-12)18(19,20)21/h2-7,11,26H,8-10H2,1H3.